The van der Waals surface area contributed by atoms with Crippen LogP contribution in [0.3, 0.4) is 0 Å². The molecule has 0 saturated carbocycles. The van der Waals surface area contributed by atoms with Crippen LogP contribution >= 0.6 is 27.5 Å². The highest BCUT2D eigenvalue weighted by Crippen LogP contribution is 2.23. The second-order valence-electron chi connectivity index (χ2n) is 3.73. The summed E-state index contributed by atoms with van der Waals surface area (Å²) in [6.07, 6.45) is 1.51. The zero-order valence-electron chi connectivity index (χ0n) is 9.84. The van der Waals surface area contributed by atoms with Crippen molar-refractivity contribution in [1.29, 1.82) is 0 Å². The number of pyridine rings is 1. The Balaban J connectivity index is 2.29. The lowest BCUT2D eigenvalue weighted by Crippen LogP contribution is -2.13. The molecular weight excluding hydrogens is 350 g/mol. The number of carbonyl (C=O) groups is 1. The molecule has 1 heterocycles. The number of nitrogens with one attached hydrogen (secondary N) is 1. The van der Waals surface area contributed by atoms with Gasteiger partial charge in [0.25, 0.3) is 11.6 Å². The monoisotopic (exact) mass is 355 g/mol. The van der Waals surface area contributed by atoms with Crippen molar-refractivity contribution in [3.8, 4) is 0 Å². The molecule has 2 aromatic rings. The normalized spacial score (nSPS) is 10.1. The first-order valence-corrected chi connectivity index (χ1v) is 6.51. The molecule has 2 rings (SSSR count). The number of hydrogen-bond donors (Lipinski definition) is 1. The van der Waals surface area contributed by atoms with E-state index in [1.807, 2.05) is 0 Å². The van der Waals surface area contributed by atoms with Crippen molar-refractivity contribution in [2.45, 2.75) is 0 Å². The van der Waals surface area contributed by atoms with Crippen LogP contribution in [0.2, 0.25) is 5.02 Å². The molecule has 1 N–H and O–H groups in total. The van der Waals surface area contributed by atoms with Crippen LogP contribution in [-0.2, 0) is 0 Å². The fraction of sp³-hybridized carbons (Fsp3) is 0. The molecule has 0 spiro atoms. The van der Waals surface area contributed by atoms with Crippen LogP contribution in [0.4, 0.5) is 11.5 Å². The molecular formula is C12H7BrClN3O3. The fourth-order valence-electron chi connectivity index (χ4n) is 1.46. The maximum absolute atomic E-state index is 12.0. The Morgan fingerprint density at radius 3 is 2.75 bits per heavy atom. The summed E-state index contributed by atoms with van der Waals surface area (Å²) in [5.74, 6) is -0.253. The zero-order chi connectivity index (χ0) is 14.7. The van der Waals surface area contributed by atoms with Crippen LogP contribution in [0.25, 0.3) is 0 Å². The first-order valence-electron chi connectivity index (χ1n) is 5.34. The number of rotatable bonds is 3. The SMILES string of the molecule is O=C(Nc1cc(Br)ccn1)c1cc([N+](=O)[O-])ccc1Cl. The van der Waals surface area contributed by atoms with Gasteiger partial charge in [0.2, 0.25) is 0 Å². The van der Waals surface area contributed by atoms with Crippen molar-refractivity contribution in [2.75, 3.05) is 5.32 Å². The highest BCUT2D eigenvalue weighted by molar-refractivity contribution is 9.10. The van der Waals surface area contributed by atoms with Crippen LogP contribution in [0.5, 0.6) is 0 Å². The van der Waals surface area contributed by atoms with E-state index in [2.05, 4.69) is 26.2 Å². The molecule has 1 amide bonds. The van der Waals surface area contributed by atoms with Gasteiger partial charge < -0.3 is 5.32 Å². The minimum atomic E-state index is -0.593. The summed E-state index contributed by atoms with van der Waals surface area (Å²) >= 11 is 9.13. The van der Waals surface area contributed by atoms with Crippen LogP contribution in [0, 0.1) is 10.1 Å². The van der Waals surface area contributed by atoms with E-state index in [4.69, 9.17) is 11.6 Å². The number of halogens is 2. The number of carbonyl (C=O) groups excluding carboxylic acids is 1. The smallest absolute Gasteiger partial charge is 0.270 e. The predicted molar refractivity (Wildman–Crippen MR) is 78.0 cm³/mol. The van der Waals surface area contributed by atoms with Gasteiger partial charge in [-0.3, -0.25) is 14.9 Å². The molecule has 8 heteroatoms. The van der Waals surface area contributed by atoms with E-state index in [1.54, 1.807) is 12.1 Å². The van der Waals surface area contributed by atoms with E-state index in [9.17, 15) is 14.9 Å². The molecule has 6 nitrogen and oxygen atoms in total. The largest absolute Gasteiger partial charge is 0.306 e. The zero-order valence-corrected chi connectivity index (χ0v) is 12.2. The maximum Gasteiger partial charge on any atom is 0.270 e. The third kappa shape index (κ3) is 3.31. The van der Waals surface area contributed by atoms with Gasteiger partial charge in [-0.2, -0.15) is 0 Å². The first-order chi connectivity index (χ1) is 9.47. The number of non-ortho nitro benzene ring substituents is 1. The molecule has 20 heavy (non-hydrogen) atoms. The van der Waals surface area contributed by atoms with Crippen LogP contribution in [0.1, 0.15) is 10.4 Å². The number of benzene rings is 1. The van der Waals surface area contributed by atoms with E-state index >= 15 is 0 Å². The second-order valence-corrected chi connectivity index (χ2v) is 5.06. The molecule has 0 bridgehead atoms. The van der Waals surface area contributed by atoms with E-state index in [-0.39, 0.29) is 16.3 Å². The Labute approximate surface area is 127 Å². The average Bonchev–Trinajstić information content (AvgIpc) is 2.38. The third-order valence-corrected chi connectivity index (χ3v) is 3.19. The molecule has 0 unspecified atom stereocenters. The van der Waals surface area contributed by atoms with Gasteiger partial charge >= 0.3 is 0 Å². The molecule has 0 aliphatic heterocycles. The lowest BCUT2D eigenvalue weighted by molar-refractivity contribution is -0.384. The first kappa shape index (κ1) is 14.4. The summed E-state index contributed by atoms with van der Waals surface area (Å²) in [4.78, 5) is 26.1. The number of nitrogens with zero attached hydrogens (tertiary/aromatic N) is 2. The van der Waals surface area contributed by atoms with Gasteiger partial charge in [-0.15, -0.1) is 0 Å². The van der Waals surface area contributed by atoms with E-state index < -0.39 is 10.8 Å². The summed E-state index contributed by atoms with van der Waals surface area (Å²) in [5, 5.41) is 13.3. The number of aromatic nitrogens is 1. The molecule has 102 valence electrons. The number of amides is 1. The van der Waals surface area contributed by atoms with Gasteiger partial charge in [-0.05, 0) is 18.2 Å². The highest BCUT2D eigenvalue weighted by atomic mass is 79.9. The summed E-state index contributed by atoms with van der Waals surface area (Å²) in [7, 11) is 0. The van der Waals surface area contributed by atoms with Crippen molar-refractivity contribution >= 4 is 44.9 Å². The molecule has 0 fully saturated rings. The Morgan fingerprint density at radius 1 is 1.35 bits per heavy atom. The molecule has 1 aromatic carbocycles. The van der Waals surface area contributed by atoms with Crippen LogP contribution in [0.15, 0.2) is 41.0 Å². The highest BCUT2D eigenvalue weighted by Gasteiger charge is 2.16. The Morgan fingerprint density at radius 2 is 2.10 bits per heavy atom. The Bertz CT molecular complexity index is 693. The lowest BCUT2D eigenvalue weighted by Gasteiger charge is -2.06. The molecule has 0 radical (unpaired) electrons. The van der Waals surface area contributed by atoms with Crippen molar-refractivity contribution in [3.63, 3.8) is 0 Å². The van der Waals surface area contributed by atoms with Crippen molar-refractivity contribution < 1.29 is 9.72 Å². The quantitative estimate of drug-likeness (QED) is 0.672. The van der Waals surface area contributed by atoms with Gasteiger partial charge in [-0.1, -0.05) is 27.5 Å². The summed E-state index contributed by atoms with van der Waals surface area (Å²) in [6, 6.07) is 6.97. The number of anilines is 1. The number of hydrogen-bond acceptors (Lipinski definition) is 4. The van der Waals surface area contributed by atoms with Crippen molar-refractivity contribution in [3.05, 3.63) is 61.7 Å². The van der Waals surface area contributed by atoms with Gasteiger partial charge in [-0.25, -0.2) is 4.98 Å². The lowest BCUT2D eigenvalue weighted by atomic mass is 10.2. The second kappa shape index (κ2) is 5.98. The minimum absolute atomic E-state index is 0.0163. The Kier molecular flexibility index (Phi) is 4.31. The molecule has 0 atom stereocenters. The Hall–Kier alpha value is -1.99. The van der Waals surface area contributed by atoms with E-state index in [0.717, 1.165) is 10.5 Å². The molecule has 0 aliphatic carbocycles. The van der Waals surface area contributed by atoms with Gasteiger partial charge in [0.1, 0.15) is 5.82 Å². The van der Waals surface area contributed by atoms with Crippen molar-refractivity contribution in [1.82, 2.24) is 4.98 Å². The van der Waals surface area contributed by atoms with Crippen LogP contribution < -0.4 is 5.32 Å². The minimum Gasteiger partial charge on any atom is -0.306 e. The van der Waals surface area contributed by atoms with E-state index in [1.165, 1.54) is 18.3 Å². The number of nitro benzene ring substituents is 1. The van der Waals surface area contributed by atoms with Gasteiger partial charge in [0.15, 0.2) is 0 Å². The molecule has 0 saturated heterocycles. The third-order valence-electron chi connectivity index (χ3n) is 2.37. The van der Waals surface area contributed by atoms with Gasteiger partial charge in [0, 0.05) is 22.8 Å². The maximum atomic E-state index is 12.0. The standard InChI is InChI=1S/C12H7BrClN3O3/c13-7-3-4-15-11(5-7)16-12(18)9-6-8(17(19)20)1-2-10(9)14/h1-6H,(H,15,16,18). The van der Waals surface area contributed by atoms with Crippen LogP contribution in [-0.4, -0.2) is 15.8 Å². The predicted octanol–water partition coefficient (Wildman–Crippen LogP) is 3.66. The molecule has 0 aliphatic rings. The summed E-state index contributed by atoms with van der Waals surface area (Å²) in [6.45, 7) is 0. The topological polar surface area (TPSA) is 85.1 Å². The average molecular weight is 357 g/mol. The van der Waals surface area contributed by atoms with Gasteiger partial charge in [0.05, 0.1) is 15.5 Å². The van der Waals surface area contributed by atoms with E-state index in [0.29, 0.717) is 5.82 Å². The summed E-state index contributed by atoms with van der Waals surface area (Å²) < 4.78 is 0.743. The summed E-state index contributed by atoms with van der Waals surface area (Å²) in [5.41, 5.74) is -0.190. The number of nitro groups is 1. The fourth-order valence-corrected chi connectivity index (χ4v) is 2.00. The molecule has 1 aromatic heterocycles. The van der Waals surface area contributed by atoms with Crippen molar-refractivity contribution in [2.24, 2.45) is 0 Å².